The van der Waals surface area contributed by atoms with Crippen molar-refractivity contribution in [3.05, 3.63) is 101 Å². The number of nitrogens with zero attached hydrogens (tertiary/aromatic N) is 1. The van der Waals surface area contributed by atoms with Gasteiger partial charge in [-0.1, -0.05) is 55.5 Å². The van der Waals surface area contributed by atoms with E-state index in [0.717, 1.165) is 67.1 Å². The van der Waals surface area contributed by atoms with Gasteiger partial charge in [-0.05, 0) is 52.4 Å². The van der Waals surface area contributed by atoms with Crippen LogP contribution in [0.1, 0.15) is 40.9 Å². The van der Waals surface area contributed by atoms with Crippen LogP contribution in [-0.2, 0) is 30.6 Å². The Hall–Kier alpha value is -3.57. The molecule has 0 bridgehead atoms. The second kappa shape index (κ2) is 10.4. The fourth-order valence-electron chi connectivity index (χ4n) is 4.93. The number of carbonyl (C=O) groups is 1. The van der Waals surface area contributed by atoms with Gasteiger partial charge in [-0.25, -0.2) is 0 Å². The number of ether oxygens (including phenoxy) is 1. The third-order valence-electron chi connectivity index (χ3n) is 6.72. The molecule has 1 aromatic heterocycles. The van der Waals surface area contributed by atoms with E-state index in [2.05, 4.69) is 60.4 Å². The lowest BCUT2D eigenvalue weighted by Gasteiger charge is -2.26. The number of hydrogen-bond acceptors (Lipinski definition) is 4. The summed E-state index contributed by atoms with van der Waals surface area (Å²) in [5.41, 5.74) is 5.54. The maximum absolute atomic E-state index is 11.1. The number of hydrogen-bond donors (Lipinski definition) is 1. The van der Waals surface area contributed by atoms with Gasteiger partial charge in [0.05, 0.1) is 13.0 Å². The average Bonchev–Trinajstić information content (AvgIpc) is 3.48. The van der Waals surface area contributed by atoms with Gasteiger partial charge >= 0.3 is 5.97 Å². The highest BCUT2D eigenvalue weighted by atomic mass is 16.5. The summed E-state index contributed by atoms with van der Waals surface area (Å²) < 4.78 is 11.8. The number of rotatable bonds is 10. The van der Waals surface area contributed by atoms with Crippen LogP contribution in [-0.4, -0.2) is 35.7 Å². The second-order valence-corrected chi connectivity index (χ2v) is 9.49. The largest absolute Gasteiger partial charge is 0.493 e. The first kappa shape index (κ1) is 23.2. The number of furan rings is 1. The smallest absolute Gasteiger partial charge is 0.307 e. The molecular formula is C30H31NO4. The molecule has 1 aliphatic rings. The van der Waals surface area contributed by atoms with E-state index in [1.807, 2.05) is 24.3 Å². The van der Waals surface area contributed by atoms with Crippen molar-refractivity contribution in [1.29, 1.82) is 0 Å². The van der Waals surface area contributed by atoms with Crippen molar-refractivity contribution in [1.82, 2.24) is 4.90 Å². The minimum absolute atomic E-state index is 0.0213. The summed E-state index contributed by atoms with van der Waals surface area (Å²) in [5, 5.41) is 10.0. The minimum Gasteiger partial charge on any atom is -0.493 e. The third kappa shape index (κ3) is 5.75. The molecule has 3 aromatic carbocycles. The van der Waals surface area contributed by atoms with E-state index in [1.54, 1.807) is 0 Å². The zero-order valence-corrected chi connectivity index (χ0v) is 20.1. The van der Waals surface area contributed by atoms with Gasteiger partial charge in [-0.15, -0.1) is 0 Å². The van der Waals surface area contributed by atoms with Gasteiger partial charge in [0, 0.05) is 37.9 Å². The lowest BCUT2D eigenvalue weighted by molar-refractivity contribution is -0.136. The van der Waals surface area contributed by atoms with Crippen LogP contribution in [0.4, 0.5) is 0 Å². The lowest BCUT2D eigenvalue weighted by Crippen LogP contribution is -2.29. The number of carboxylic acids is 1. The highest BCUT2D eigenvalue weighted by Crippen LogP contribution is 2.27. The summed E-state index contributed by atoms with van der Waals surface area (Å²) in [4.78, 5) is 13.6. The van der Waals surface area contributed by atoms with E-state index in [-0.39, 0.29) is 6.42 Å². The Labute approximate surface area is 205 Å². The van der Waals surface area contributed by atoms with Gasteiger partial charge in [0.25, 0.3) is 0 Å². The Balaban J connectivity index is 1.31. The first-order valence-corrected chi connectivity index (χ1v) is 12.3. The molecule has 4 aromatic rings. The maximum Gasteiger partial charge on any atom is 0.307 e. The van der Waals surface area contributed by atoms with Crippen molar-refractivity contribution >= 4 is 16.9 Å². The van der Waals surface area contributed by atoms with Crippen LogP contribution in [0.5, 0.6) is 5.75 Å². The van der Waals surface area contributed by atoms with Gasteiger partial charge in [0.15, 0.2) is 0 Å². The molecule has 0 saturated heterocycles. The van der Waals surface area contributed by atoms with Crippen LogP contribution >= 0.6 is 0 Å². The lowest BCUT2D eigenvalue weighted by atomic mass is 10.00. The summed E-state index contributed by atoms with van der Waals surface area (Å²) in [6.07, 6.45) is 1.79. The Morgan fingerprint density at radius 2 is 1.86 bits per heavy atom. The summed E-state index contributed by atoms with van der Waals surface area (Å²) in [5.74, 6) is 1.52. The number of fused-ring (bicyclic) bond motifs is 2. The van der Waals surface area contributed by atoms with Crippen LogP contribution in [0.15, 0.2) is 77.2 Å². The zero-order valence-electron chi connectivity index (χ0n) is 20.1. The highest BCUT2D eigenvalue weighted by molar-refractivity contribution is 5.80. The van der Waals surface area contributed by atoms with Crippen LogP contribution in [0.3, 0.4) is 0 Å². The van der Waals surface area contributed by atoms with Gasteiger partial charge in [0.2, 0.25) is 0 Å². The molecule has 180 valence electrons. The molecule has 5 heteroatoms. The van der Waals surface area contributed by atoms with Gasteiger partial charge in [-0.2, -0.15) is 0 Å². The van der Waals surface area contributed by atoms with Gasteiger partial charge < -0.3 is 14.3 Å². The molecule has 1 atom stereocenters. The van der Waals surface area contributed by atoms with Crippen molar-refractivity contribution in [3.63, 3.8) is 0 Å². The topological polar surface area (TPSA) is 62.9 Å². The Kier molecular flexibility index (Phi) is 6.87. The molecule has 35 heavy (non-hydrogen) atoms. The summed E-state index contributed by atoms with van der Waals surface area (Å²) in [6.45, 7) is 5.73. The molecule has 0 amide bonds. The molecule has 1 N–H and O–H groups in total. The van der Waals surface area contributed by atoms with Crippen molar-refractivity contribution in [2.45, 2.75) is 38.6 Å². The molecule has 0 saturated carbocycles. The standard InChI is InChI=1S/C30H31NO4/c1-21(24-5-3-2-4-6-24)19-31(20-23-8-9-28-25(16-23)12-14-34-28)13-11-27-18-26-15-22(17-30(32)33)7-10-29(26)35-27/h2-10,15-16,18,21H,11-14,17,19-20H2,1H3,(H,32,33)/t21-/m0/s1. The van der Waals surface area contributed by atoms with E-state index in [1.165, 1.54) is 16.7 Å². The monoisotopic (exact) mass is 469 g/mol. The molecule has 5 nitrogen and oxygen atoms in total. The Morgan fingerprint density at radius 1 is 1.03 bits per heavy atom. The number of carboxylic acid groups (broad SMARTS) is 1. The minimum atomic E-state index is -0.825. The average molecular weight is 470 g/mol. The molecule has 1 aliphatic heterocycles. The predicted octanol–water partition coefficient (Wildman–Crippen LogP) is 5.84. The molecule has 0 aliphatic carbocycles. The van der Waals surface area contributed by atoms with Gasteiger partial charge in [0.1, 0.15) is 17.1 Å². The van der Waals surface area contributed by atoms with E-state index in [9.17, 15) is 4.79 Å². The van der Waals surface area contributed by atoms with Crippen molar-refractivity contribution in [3.8, 4) is 5.75 Å². The van der Waals surface area contributed by atoms with E-state index < -0.39 is 5.97 Å². The Bertz CT molecular complexity index is 1310. The van der Waals surface area contributed by atoms with Gasteiger partial charge in [-0.3, -0.25) is 9.69 Å². The van der Waals surface area contributed by atoms with E-state index >= 15 is 0 Å². The number of benzene rings is 3. The summed E-state index contributed by atoms with van der Waals surface area (Å²) in [7, 11) is 0. The SMILES string of the molecule is C[C@@H](CN(CCc1cc2cc(CC(=O)O)ccc2o1)Cc1ccc2c(c1)CCO2)c1ccccc1. The van der Waals surface area contributed by atoms with Crippen molar-refractivity contribution in [2.24, 2.45) is 0 Å². The molecule has 0 spiro atoms. The quantitative estimate of drug-likeness (QED) is 0.316. The summed E-state index contributed by atoms with van der Waals surface area (Å²) >= 11 is 0. The zero-order chi connectivity index (χ0) is 24.2. The van der Waals surface area contributed by atoms with Crippen LogP contribution in [0.2, 0.25) is 0 Å². The van der Waals surface area contributed by atoms with Crippen molar-refractivity contribution in [2.75, 3.05) is 19.7 Å². The first-order chi connectivity index (χ1) is 17.0. The Morgan fingerprint density at radius 3 is 2.69 bits per heavy atom. The number of aliphatic carboxylic acids is 1. The van der Waals surface area contributed by atoms with Crippen LogP contribution in [0, 0.1) is 0 Å². The second-order valence-electron chi connectivity index (χ2n) is 9.49. The van der Waals surface area contributed by atoms with Crippen molar-refractivity contribution < 1.29 is 19.1 Å². The molecule has 0 radical (unpaired) electrons. The fourth-order valence-corrected chi connectivity index (χ4v) is 4.93. The van der Waals surface area contributed by atoms with E-state index in [0.29, 0.717) is 5.92 Å². The predicted molar refractivity (Wildman–Crippen MR) is 137 cm³/mol. The fraction of sp³-hybridized carbons (Fsp3) is 0.300. The summed E-state index contributed by atoms with van der Waals surface area (Å²) in [6, 6.07) is 24.9. The molecule has 0 fully saturated rings. The first-order valence-electron chi connectivity index (χ1n) is 12.3. The molecular weight excluding hydrogens is 438 g/mol. The van der Waals surface area contributed by atoms with Crippen LogP contribution in [0.25, 0.3) is 11.0 Å². The van der Waals surface area contributed by atoms with E-state index in [4.69, 9.17) is 14.3 Å². The van der Waals surface area contributed by atoms with Crippen LogP contribution < -0.4 is 4.74 Å². The highest BCUT2D eigenvalue weighted by Gasteiger charge is 2.17. The maximum atomic E-state index is 11.1. The molecule has 5 rings (SSSR count). The third-order valence-corrected chi connectivity index (χ3v) is 6.72. The normalized spacial score (nSPS) is 13.7. The molecule has 2 heterocycles. The molecule has 0 unspecified atom stereocenters.